The van der Waals surface area contributed by atoms with E-state index in [9.17, 15) is 4.79 Å². The lowest BCUT2D eigenvalue weighted by Gasteiger charge is -2.24. The Morgan fingerprint density at radius 2 is 2.33 bits per heavy atom. The van der Waals surface area contributed by atoms with Gasteiger partial charge >= 0.3 is 5.97 Å². The summed E-state index contributed by atoms with van der Waals surface area (Å²) in [4.78, 5) is 17.2. The summed E-state index contributed by atoms with van der Waals surface area (Å²) in [6.45, 7) is 4.82. The Balaban J connectivity index is 2.32. The van der Waals surface area contributed by atoms with Gasteiger partial charge in [0.15, 0.2) is 5.82 Å². The van der Waals surface area contributed by atoms with Crippen molar-refractivity contribution in [3.05, 3.63) is 24.7 Å². The van der Waals surface area contributed by atoms with Crippen LogP contribution in [-0.4, -0.2) is 38.8 Å². The van der Waals surface area contributed by atoms with Crippen LogP contribution in [0, 0.1) is 5.92 Å². The van der Waals surface area contributed by atoms with Crippen LogP contribution in [0.2, 0.25) is 0 Å². The minimum absolute atomic E-state index is 0.434. The van der Waals surface area contributed by atoms with Crippen molar-refractivity contribution >= 4 is 17.3 Å². The highest BCUT2D eigenvalue weighted by Gasteiger charge is 2.18. The topological polar surface area (TPSA) is 70.7 Å². The predicted molar refractivity (Wildman–Crippen MR) is 67.7 cm³/mol. The van der Waals surface area contributed by atoms with E-state index in [1.54, 1.807) is 30.0 Å². The Kier molecular flexibility index (Phi) is 3.45. The number of carboxylic acids is 1. The molecule has 0 bridgehead atoms. The zero-order valence-electron chi connectivity index (χ0n) is 10.4. The van der Waals surface area contributed by atoms with Crippen LogP contribution < -0.4 is 4.90 Å². The van der Waals surface area contributed by atoms with E-state index in [1.807, 2.05) is 17.9 Å². The lowest BCUT2D eigenvalue weighted by atomic mass is 10.1. The fourth-order valence-corrected chi connectivity index (χ4v) is 1.86. The average Bonchev–Trinajstić information content (AvgIpc) is 2.83. The van der Waals surface area contributed by atoms with E-state index < -0.39 is 11.9 Å². The molecule has 0 fully saturated rings. The SMILES string of the molecule is CCN(CC(C)C(=O)O)c1nccn2nccc12. The number of aliphatic carboxylic acids is 1. The molecule has 96 valence electrons. The maximum absolute atomic E-state index is 10.9. The number of fused-ring (bicyclic) bond motifs is 1. The van der Waals surface area contributed by atoms with Crippen LogP contribution in [0.1, 0.15) is 13.8 Å². The zero-order valence-corrected chi connectivity index (χ0v) is 10.4. The van der Waals surface area contributed by atoms with Crippen LogP contribution in [0.3, 0.4) is 0 Å². The highest BCUT2D eigenvalue weighted by atomic mass is 16.4. The number of aromatic nitrogens is 3. The highest BCUT2D eigenvalue weighted by molar-refractivity contribution is 5.72. The van der Waals surface area contributed by atoms with Crippen LogP contribution in [0.15, 0.2) is 24.7 Å². The maximum atomic E-state index is 10.9. The minimum Gasteiger partial charge on any atom is -0.481 e. The number of carbonyl (C=O) groups is 1. The second-order valence-electron chi connectivity index (χ2n) is 4.19. The summed E-state index contributed by atoms with van der Waals surface area (Å²) in [5, 5.41) is 13.1. The smallest absolute Gasteiger partial charge is 0.308 e. The molecule has 1 unspecified atom stereocenters. The van der Waals surface area contributed by atoms with Gasteiger partial charge in [-0.2, -0.15) is 5.10 Å². The summed E-state index contributed by atoms with van der Waals surface area (Å²) >= 11 is 0. The molecule has 6 nitrogen and oxygen atoms in total. The van der Waals surface area contributed by atoms with Crippen molar-refractivity contribution in [1.29, 1.82) is 0 Å². The first-order valence-corrected chi connectivity index (χ1v) is 5.89. The summed E-state index contributed by atoms with van der Waals surface area (Å²) in [6, 6.07) is 1.87. The van der Waals surface area contributed by atoms with E-state index in [-0.39, 0.29) is 0 Å². The molecule has 18 heavy (non-hydrogen) atoms. The Labute approximate surface area is 105 Å². The third-order valence-electron chi connectivity index (χ3n) is 2.90. The van der Waals surface area contributed by atoms with Crippen molar-refractivity contribution in [1.82, 2.24) is 14.6 Å². The first-order chi connectivity index (χ1) is 8.63. The monoisotopic (exact) mass is 248 g/mol. The van der Waals surface area contributed by atoms with Gasteiger partial charge in [0.2, 0.25) is 0 Å². The fraction of sp³-hybridized carbons (Fsp3) is 0.417. The Hall–Kier alpha value is -2.11. The van der Waals surface area contributed by atoms with Gasteiger partial charge in [-0.25, -0.2) is 9.50 Å². The predicted octanol–water partition coefficient (Wildman–Crippen LogP) is 1.28. The van der Waals surface area contributed by atoms with Crippen molar-refractivity contribution in [2.75, 3.05) is 18.0 Å². The van der Waals surface area contributed by atoms with Crippen LogP contribution in [-0.2, 0) is 4.79 Å². The molecule has 0 aliphatic heterocycles. The molecule has 2 aromatic rings. The molecule has 2 rings (SSSR count). The Bertz CT molecular complexity index is 552. The van der Waals surface area contributed by atoms with E-state index in [0.717, 1.165) is 11.3 Å². The lowest BCUT2D eigenvalue weighted by molar-refractivity contribution is -0.140. The third kappa shape index (κ3) is 2.27. The first kappa shape index (κ1) is 12.3. The Morgan fingerprint density at radius 1 is 1.56 bits per heavy atom. The summed E-state index contributed by atoms with van der Waals surface area (Å²) in [5.41, 5.74) is 0.886. The molecule has 0 spiro atoms. The lowest BCUT2D eigenvalue weighted by Crippen LogP contribution is -2.32. The molecule has 0 saturated heterocycles. The van der Waals surface area contributed by atoms with Gasteiger partial charge in [0, 0.05) is 25.5 Å². The van der Waals surface area contributed by atoms with Gasteiger partial charge in [-0.15, -0.1) is 0 Å². The van der Waals surface area contributed by atoms with Gasteiger partial charge in [-0.3, -0.25) is 4.79 Å². The molecule has 0 radical (unpaired) electrons. The molecular formula is C12H16N4O2. The van der Waals surface area contributed by atoms with Crippen LogP contribution in [0.25, 0.3) is 5.52 Å². The molecule has 2 aromatic heterocycles. The van der Waals surface area contributed by atoms with Gasteiger partial charge in [0.1, 0.15) is 5.52 Å². The molecular weight excluding hydrogens is 232 g/mol. The first-order valence-electron chi connectivity index (χ1n) is 5.89. The molecule has 1 atom stereocenters. The molecule has 0 aliphatic rings. The number of rotatable bonds is 5. The normalized spacial score (nSPS) is 12.6. The molecule has 1 N–H and O–H groups in total. The van der Waals surface area contributed by atoms with Gasteiger partial charge in [0.05, 0.1) is 12.1 Å². The van der Waals surface area contributed by atoms with Crippen molar-refractivity contribution < 1.29 is 9.90 Å². The van der Waals surface area contributed by atoms with E-state index in [2.05, 4.69) is 10.1 Å². The molecule has 6 heteroatoms. The van der Waals surface area contributed by atoms with Crippen LogP contribution in [0.4, 0.5) is 5.82 Å². The van der Waals surface area contributed by atoms with E-state index in [0.29, 0.717) is 13.1 Å². The van der Waals surface area contributed by atoms with Crippen molar-refractivity contribution in [3.8, 4) is 0 Å². The summed E-state index contributed by atoms with van der Waals surface area (Å²) in [6.07, 6.45) is 5.14. The number of hydrogen-bond acceptors (Lipinski definition) is 4. The molecule has 0 saturated carbocycles. The number of carboxylic acid groups (broad SMARTS) is 1. The zero-order chi connectivity index (χ0) is 13.1. The van der Waals surface area contributed by atoms with Crippen LogP contribution >= 0.6 is 0 Å². The minimum atomic E-state index is -0.797. The van der Waals surface area contributed by atoms with Gasteiger partial charge in [-0.05, 0) is 13.0 Å². The second-order valence-corrected chi connectivity index (χ2v) is 4.19. The van der Waals surface area contributed by atoms with Crippen molar-refractivity contribution in [2.24, 2.45) is 5.92 Å². The number of anilines is 1. The Morgan fingerprint density at radius 3 is 3.00 bits per heavy atom. The second kappa shape index (κ2) is 5.03. The summed E-state index contributed by atoms with van der Waals surface area (Å²) in [7, 11) is 0. The van der Waals surface area contributed by atoms with E-state index in [4.69, 9.17) is 5.11 Å². The molecule has 0 amide bonds. The number of nitrogens with zero attached hydrogens (tertiary/aromatic N) is 4. The fourth-order valence-electron chi connectivity index (χ4n) is 1.86. The van der Waals surface area contributed by atoms with Gasteiger partial charge in [-0.1, -0.05) is 6.92 Å². The van der Waals surface area contributed by atoms with Gasteiger partial charge in [0.25, 0.3) is 0 Å². The molecule has 0 aliphatic carbocycles. The van der Waals surface area contributed by atoms with Gasteiger partial charge < -0.3 is 10.0 Å². The van der Waals surface area contributed by atoms with E-state index >= 15 is 0 Å². The highest BCUT2D eigenvalue weighted by Crippen LogP contribution is 2.18. The third-order valence-corrected chi connectivity index (χ3v) is 2.90. The molecule has 0 aromatic carbocycles. The van der Waals surface area contributed by atoms with Crippen LogP contribution in [0.5, 0.6) is 0 Å². The summed E-state index contributed by atoms with van der Waals surface area (Å²) in [5.74, 6) is -0.463. The van der Waals surface area contributed by atoms with Crippen molar-refractivity contribution in [2.45, 2.75) is 13.8 Å². The summed E-state index contributed by atoms with van der Waals surface area (Å²) < 4.78 is 1.73. The maximum Gasteiger partial charge on any atom is 0.308 e. The largest absolute Gasteiger partial charge is 0.481 e. The molecule has 2 heterocycles. The van der Waals surface area contributed by atoms with Crippen molar-refractivity contribution in [3.63, 3.8) is 0 Å². The standard InChI is InChI=1S/C12H16N4O2/c1-3-15(8-9(2)12(17)18)11-10-4-5-14-16(10)7-6-13-11/h4-7,9H,3,8H2,1-2H3,(H,17,18). The van der Waals surface area contributed by atoms with E-state index in [1.165, 1.54) is 0 Å². The average molecular weight is 248 g/mol. The quantitative estimate of drug-likeness (QED) is 0.863. The number of hydrogen-bond donors (Lipinski definition) is 1.